The van der Waals surface area contributed by atoms with E-state index >= 15 is 0 Å². The molecule has 9 heteroatoms. The van der Waals surface area contributed by atoms with Gasteiger partial charge in [-0.3, -0.25) is 14.7 Å². The Kier molecular flexibility index (Phi) is 3.91. The van der Waals surface area contributed by atoms with Gasteiger partial charge in [0, 0.05) is 25.2 Å². The number of sulfone groups is 1. The van der Waals surface area contributed by atoms with E-state index in [1.807, 2.05) is 0 Å². The maximum Gasteiger partial charge on any atom is 0.274 e. The van der Waals surface area contributed by atoms with Crippen molar-refractivity contribution in [2.24, 2.45) is 0 Å². The van der Waals surface area contributed by atoms with Crippen LogP contribution in [0, 0.1) is 6.92 Å². The van der Waals surface area contributed by atoms with Crippen molar-refractivity contribution < 1.29 is 18.0 Å². The van der Waals surface area contributed by atoms with E-state index in [4.69, 9.17) is 0 Å². The zero-order chi connectivity index (χ0) is 16.8. The highest BCUT2D eigenvalue weighted by molar-refractivity contribution is 7.91. The number of carbonyl (C=O) groups excluding carboxylic acids is 2. The summed E-state index contributed by atoms with van der Waals surface area (Å²) < 4.78 is 24.1. The molecule has 3 rings (SSSR count). The van der Waals surface area contributed by atoms with E-state index in [-0.39, 0.29) is 29.0 Å². The molecule has 0 saturated carbocycles. The highest BCUT2D eigenvalue weighted by Gasteiger charge is 2.49. The number of H-pyrrole nitrogens is 1. The second kappa shape index (κ2) is 5.63. The lowest BCUT2D eigenvalue weighted by atomic mass is 10.0. The summed E-state index contributed by atoms with van der Waals surface area (Å²) in [6, 6.07) is 0.698. The Labute approximate surface area is 134 Å². The molecular weight excluding hydrogens is 320 g/mol. The van der Waals surface area contributed by atoms with E-state index in [9.17, 15) is 18.0 Å². The number of hydrogen-bond acceptors (Lipinski definition) is 5. The van der Waals surface area contributed by atoms with Crippen LogP contribution in [0.2, 0.25) is 0 Å². The molecule has 2 amide bonds. The first-order valence-electron chi connectivity index (χ1n) is 7.65. The van der Waals surface area contributed by atoms with Crippen LogP contribution in [0.3, 0.4) is 0 Å². The lowest BCUT2D eigenvalue weighted by Gasteiger charge is -2.43. The SMILES string of the molecule is CCC(=O)N1CCN(C(=O)c2cc(C)[nH]n2)[C@H]2CS(=O)(=O)C[C@H]21. The molecule has 2 aliphatic rings. The van der Waals surface area contributed by atoms with Crippen molar-refractivity contribution in [3.8, 4) is 0 Å². The first-order valence-corrected chi connectivity index (χ1v) is 9.47. The number of aryl methyl sites for hydroxylation is 1. The molecule has 8 nitrogen and oxygen atoms in total. The number of rotatable bonds is 2. The lowest BCUT2D eigenvalue weighted by molar-refractivity contribution is -0.135. The monoisotopic (exact) mass is 340 g/mol. The van der Waals surface area contributed by atoms with Gasteiger partial charge in [0.2, 0.25) is 5.91 Å². The summed E-state index contributed by atoms with van der Waals surface area (Å²) >= 11 is 0. The van der Waals surface area contributed by atoms with Gasteiger partial charge in [-0.1, -0.05) is 6.92 Å². The van der Waals surface area contributed by atoms with E-state index in [1.54, 1.807) is 29.7 Å². The van der Waals surface area contributed by atoms with Gasteiger partial charge in [0.1, 0.15) is 5.69 Å². The average molecular weight is 340 g/mol. The molecule has 23 heavy (non-hydrogen) atoms. The van der Waals surface area contributed by atoms with Crippen LogP contribution in [0.5, 0.6) is 0 Å². The van der Waals surface area contributed by atoms with Crippen molar-refractivity contribution in [3.63, 3.8) is 0 Å². The van der Waals surface area contributed by atoms with Gasteiger partial charge in [-0.15, -0.1) is 0 Å². The Hall–Kier alpha value is -1.90. The number of piperazine rings is 1. The third-order valence-electron chi connectivity index (χ3n) is 4.48. The molecule has 126 valence electrons. The van der Waals surface area contributed by atoms with Crippen LogP contribution < -0.4 is 0 Å². The number of nitrogens with zero attached hydrogens (tertiary/aromatic N) is 3. The van der Waals surface area contributed by atoms with Crippen molar-refractivity contribution in [1.82, 2.24) is 20.0 Å². The summed E-state index contributed by atoms with van der Waals surface area (Å²) in [4.78, 5) is 27.9. The second-order valence-electron chi connectivity index (χ2n) is 6.09. The summed E-state index contributed by atoms with van der Waals surface area (Å²) in [6.07, 6.45) is 0.329. The molecule has 0 radical (unpaired) electrons. The molecule has 1 aromatic heterocycles. The highest BCUT2D eigenvalue weighted by Crippen LogP contribution is 2.28. The second-order valence-corrected chi connectivity index (χ2v) is 8.24. The molecule has 0 unspecified atom stereocenters. The van der Waals surface area contributed by atoms with Gasteiger partial charge in [-0.25, -0.2) is 8.42 Å². The summed E-state index contributed by atoms with van der Waals surface area (Å²) in [7, 11) is -3.26. The van der Waals surface area contributed by atoms with Gasteiger partial charge in [0.25, 0.3) is 5.91 Å². The fourth-order valence-electron chi connectivity index (χ4n) is 3.39. The van der Waals surface area contributed by atoms with Gasteiger partial charge < -0.3 is 9.80 Å². The molecule has 0 aliphatic carbocycles. The van der Waals surface area contributed by atoms with Crippen molar-refractivity contribution in [2.75, 3.05) is 24.6 Å². The van der Waals surface area contributed by atoms with Crippen LogP contribution in [0.1, 0.15) is 29.5 Å². The molecule has 3 heterocycles. The van der Waals surface area contributed by atoms with E-state index < -0.39 is 21.9 Å². The smallest absolute Gasteiger partial charge is 0.274 e. The van der Waals surface area contributed by atoms with E-state index in [2.05, 4.69) is 10.2 Å². The third-order valence-corrected chi connectivity index (χ3v) is 6.18. The van der Waals surface area contributed by atoms with Crippen LogP contribution in [0.25, 0.3) is 0 Å². The van der Waals surface area contributed by atoms with Gasteiger partial charge in [-0.05, 0) is 13.0 Å². The van der Waals surface area contributed by atoms with Crippen molar-refractivity contribution >= 4 is 21.7 Å². The Morgan fingerprint density at radius 1 is 1.26 bits per heavy atom. The molecule has 0 aromatic carbocycles. The van der Waals surface area contributed by atoms with Crippen LogP contribution >= 0.6 is 0 Å². The number of hydrogen-bond donors (Lipinski definition) is 1. The van der Waals surface area contributed by atoms with Crippen LogP contribution in [0.15, 0.2) is 6.07 Å². The molecule has 1 aromatic rings. The largest absolute Gasteiger partial charge is 0.335 e. The highest BCUT2D eigenvalue weighted by atomic mass is 32.2. The minimum Gasteiger partial charge on any atom is -0.335 e. The van der Waals surface area contributed by atoms with Crippen LogP contribution in [-0.4, -0.2) is 76.9 Å². The number of aromatic amines is 1. The molecular formula is C14H20N4O4S. The van der Waals surface area contributed by atoms with Gasteiger partial charge in [-0.2, -0.15) is 5.10 Å². The number of carbonyl (C=O) groups is 2. The van der Waals surface area contributed by atoms with Crippen LogP contribution in [0.4, 0.5) is 0 Å². The maximum absolute atomic E-state index is 12.7. The third kappa shape index (κ3) is 2.85. The number of aromatic nitrogens is 2. The Balaban J connectivity index is 1.89. The minimum absolute atomic E-state index is 0.0696. The average Bonchev–Trinajstić information content (AvgIpc) is 3.06. The van der Waals surface area contributed by atoms with Crippen LogP contribution in [-0.2, 0) is 14.6 Å². The summed E-state index contributed by atoms with van der Waals surface area (Å²) in [6.45, 7) is 4.24. The van der Waals surface area contributed by atoms with Crippen molar-refractivity contribution in [2.45, 2.75) is 32.4 Å². The fourth-order valence-corrected chi connectivity index (χ4v) is 5.37. The molecule has 0 spiro atoms. The number of nitrogens with one attached hydrogen (secondary N) is 1. The molecule has 2 aliphatic heterocycles. The Bertz CT molecular complexity index is 742. The first-order chi connectivity index (χ1) is 10.8. The molecule has 0 bridgehead atoms. The molecule has 1 N–H and O–H groups in total. The predicted octanol–water partition coefficient (Wildman–Crippen LogP) is -0.422. The zero-order valence-electron chi connectivity index (χ0n) is 13.2. The summed E-state index contributed by atoms with van der Waals surface area (Å²) in [5.41, 5.74) is 1.05. The van der Waals surface area contributed by atoms with E-state index in [1.165, 1.54) is 0 Å². The number of fused-ring (bicyclic) bond motifs is 1. The summed E-state index contributed by atoms with van der Waals surface area (Å²) in [5.74, 6) is -0.530. The van der Waals surface area contributed by atoms with E-state index in [0.717, 1.165) is 5.69 Å². The van der Waals surface area contributed by atoms with Gasteiger partial charge in [0.05, 0.1) is 23.6 Å². The van der Waals surface area contributed by atoms with Gasteiger partial charge in [0.15, 0.2) is 9.84 Å². The van der Waals surface area contributed by atoms with Crippen molar-refractivity contribution in [1.29, 1.82) is 0 Å². The fraction of sp³-hybridized carbons (Fsp3) is 0.643. The Morgan fingerprint density at radius 2 is 1.87 bits per heavy atom. The number of amides is 2. The Morgan fingerprint density at radius 3 is 2.43 bits per heavy atom. The molecule has 2 saturated heterocycles. The predicted molar refractivity (Wildman–Crippen MR) is 82.6 cm³/mol. The summed E-state index contributed by atoms with van der Waals surface area (Å²) in [5, 5.41) is 6.69. The first kappa shape index (κ1) is 16.0. The topological polar surface area (TPSA) is 103 Å². The maximum atomic E-state index is 12.7. The quantitative estimate of drug-likeness (QED) is 0.787. The lowest BCUT2D eigenvalue weighted by Crippen LogP contribution is -2.61. The minimum atomic E-state index is -3.26. The zero-order valence-corrected chi connectivity index (χ0v) is 14.0. The molecule has 2 atom stereocenters. The normalized spacial score (nSPS) is 26.2. The van der Waals surface area contributed by atoms with E-state index in [0.29, 0.717) is 19.5 Å². The molecule has 2 fully saturated rings. The van der Waals surface area contributed by atoms with Gasteiger partial charge >= 0.3 is 0 Å². The van der Waals surface area contributed by atoms with Crippen molar-refractivity contribution in [3.05, 3.63) is 17.5 Å². The standard InChI is InChI=1S/C14H20N4O4S/c1-3-13(19)17-4-5-18(12-8-23(21,22)7-11(12)17)14(20)10-6-9(2)15-16-10/h6,11-12H,3-5,7-8H2,1-2H3,(H,15,16)/t11-,12+/m1/s1.